The summed E-state index contributed by atoms with van der Waals surface area (Å²) in [6.07, 6.45) is 2.65. The van der Waals surface area contributed by atoms with Crippen molar-refractivity contribution in [1.29, 1.82) is 0 Å². The lowest BCUT2D eigenvalue weighted by Crippen LogP contribution is -2.53. The second-order valence-corrected chi connectivity index (χ2v) is 6.65. The van der Waals surface area contributed by atoms with Gasteiger partial charge in [0.25, 0.3) is 0 Å². The van der Waals surface area contributed by atoms with Gasteiger partial charge in [-0.25, -0.2) is 0 Å². The number of piperazine rings is 1. The van der Waals surface area contributed by atoms with Crippen LogP contribution < -0.4 is 9.64 Å². The first-order valence-corrected chi connectivity index (χ1v) is 8.52. The van der Waals surface area contributed by atoms with Gasteiger partial charge in [-0.3, -0.25) is 4.90 Å². The number of nitrogens with zero attached hydrogens (tertiary/aromatic N) is 2. The van der Waals surface area contributed by atoms with E-state index in [9.17, 15) is 0 Å². The fraction of sp³-hybridized carbons (Fsp3) is 0.400. The standard InChI is InChI=1S/C20H24N2O/c1-23-20-11-9-17(10-12-20)21-14-18-7-8-19(15-21)22(18)13-16-5-3-2-4-6-16/h2-6,9-12,18-19H,7-8,13-15H2,1H3. The monoisotopic (exact) mass is 308 g/mol. The van der Waals surface area contributed by atoms with Crippen LogP contribution in [0.5, 0.6) is 5.75 Å². The van der Waals surface area contributed by atoms with Crippen LogP contribution in [0.1, 0.15) is 18.4 Å². The summed E-state index contributed by atoms with van der Waals surface area (Å²) < 4.78 is 5.27. The number of rotatable bonds is 4. The Kier molecular flexibility index (Phi) is 3.96. The lowest BCUT2D eigenvalue weighted by molar-refractivity contribution is 0.160. The molecule has 0 amide bonds. The Morgan fingerprint density at radius 3 is 2.17 bits per heavy atom. The minimum atomic E-state index is 0.677. The summed E-state index contributed by atoms with van der Waals surface area (Å²) >= 11 is 0. The summed E-state index contributed by atoms with van der Waals surface area (Å²) in [5.41, 5.74) is 2.75. The number of ether oxygens (including phenoxy) is 1. The Morgan fingerprint density at radius 2 is 1.57 bits per heavy atom. The molecule has 0 aromatic heterocycles. The first-order valence-electron chi connectivity index (χ1n) is 8.52. The minimum absolute atomic E-state index is 0.677. The minimum Gasteiger partial charge on any atom is -0.497 e. The number of fused-ring (bicyclic) bond motifs is 2. The fourth-order valence-corrected chi connectivity index (χ4v) is 4.05. The van der Waals surface area contributed by atoms with Gasteiger partial charge in [-0.2, -0.15) is 0 Å². The maximum atomic E-state index is 5.27. The van der Waals surface area contributed by atoms with Gasteiger partial charge in [-0.05, 0) is 42.7 Å². The topological polar surface area (TPSA) is 15.7 Å². The first-order chi connectivity index (χ1) is 11.3. The molecule has 2 aromatic carbocycles. The molecule has 2 unspecified atom stereocenters. The molecule has 2 fully saturated rings. The zero-order chi connectivity index (χ0) is 15.6. The maximum Gasteiger partial charge on any atom is 0.119 e. The van der Waals surface area contributed by atoms with Gasteiger partial charge in [0.15, 0.2) is 0 Å². The quantitative estimate of drug-likeness (QED) is 0.859. The Morgan fingerprint density at radius 1 is 0.913 bits per heavy atom. The van der Waals surface area contributed by atoms with E-state index in [-0.39, 0.29) is 0 Å². The molecule has 2 atom stereocenters. The van der Waals surface area contributed by atoms with Crippen LogP contribution in [-0.4, -0.2) is 37.2 Å². The van der Waals surface area contributed by atoms with Gasteiger partial charge < -0.3 is 9.64 Å². The number of hydrogen-bond acceptors (Lipinski definition) is 3. The molecule has 0 saturated carbocycles. The SMILES string of the molecule is COc1ccc(N2CC3CCC(C2)N3Cc2ccccc2)cc1. The molecule has 0 aliphatic carbocycles. The summed E-state index contributed by atoms with van der Waals surface area (Å²) in [6.45, 7) is 3.36. The predicted molar refractivity (Wildman–Crippen MR) is 94.0 cm³/mol. The number of benzene rings is 2. The van der Waals surface area contributed by atoms with Crippen molar-refractivity contribution in [2.45, 2.75) is 31.5 Å². The number of hydrogen-bond donors (Lipinski definition) is 0. The predicted octanol–water partition coefficient (Wildman–Crippen LogP) is 3.55. The van der Waals surface area contributed by atoms with Gasteiger partial charge in [-0.1, -0.05) is 30.3 Å². The van der Waals surface area contributed by atoms with Gasteiger partial charge in [-0.15, -0.1) is 0 Å². The molecule has 2 heterocycles. The van der Waals surface area contributed by atoms with E-state index in [0.29, 0.717) is 12.1 Å². The Balaban J connectivity index is 1.46. The Bertz CT molecular complexity index is 626. The molecular weight excluding hydrogens is 284 g/mol. The van der Waals surface area contributed by atoms with E-state index in [1.807, 2.05) is 0 Å². The summed E-state index contributed by atoms with van der Waals surface area (Å²) in [5, 5.41) is 0. The molecule has 2 aliphatic heterocycles. The summed E-state index contributed by atoms with van der Waals surface area (Å²) in [7, 11) is 1.72. The van der Waals surface area contributed by atoms with E-state index in [2.05, 4.69) is 64.4 Å². The Hall–Kier alpha value is -2.00. The summed E-state index contributed by atoms with van der Waals surface area (Å²) in [5.74, 6) is 0.930. The van der Waals surface area contributed by atoms with Crippen LogP contribution in [0.3, 0.4) is 0 Å². The van der Waals surface area contributed by atoms with Crippen LogP contribution in [0.4, 0.5) is 5.69 Å². The third-order valence-electron chi connectivity index (χ3n) is 5.28. The van der Waals surface area contributed by atoms with Gasteiger partial charge in [0.1, 0.15) is 5.75 Å². The van der Waals surface area contributed by atoms with Crippen molar-refractivity contribution in [2.75, 3.05) is 25.1 Å². The average molecular weight is 308 g/mol. The van der Waals surface area contributed by atoms with Crippen molar-refractivity contribution in [2.24, 2.45) is 0 Å². The number of anilines is 1. The van der Waals surface area contributed by atoms with Crippen LogP contribution in [0.15, 0.2) is 54.6 Å². The molecular formula is C20H24N2O. The van der Waals surface area contributed by atoms with Crippen LogP contribution >= 0.6 is 0 Å². The van der Waals surface area contributed by atoms with E-state index in [4.69, 9.17) is 4.74 Å². The van der Waals surface area contributed by atoms with Gasteiger partial charge in [0, 0.05) is 37.4 Å². The van der Waals surface area contributed by atoms with Crippen LogP contribution in [0.25, 0.3) is 0 Å². The van der Waals surface area contributed by atoms with E-state index in [1.54, 1.807) is 7.11 Å². The lowest BCUT2D eigenvalue weighted by atomic mass is 10.1. The molecule has 0 spiro atoms. The maximum absolute atomic E-state index is 5.27. The second-order valence-electron chi connectivity index (χ2n) is 6.65. The molecule has 4 rings (SSSR count). The first kappa shape index (κ1) is 14.6. The fourth-order valence-electron chi connectivity index (χ4n) is 4.05. The molecule has 2 saturated heterocycles. The van der Waals surface area contributed by atoms with Crippen molar-refractivity contribution >= 4 is 5.69 Å². The van der Waals surface area contributed by atoms with Gasteiger partial charge in [0.05, 0.1) is 7.11 Å². The summed E-state index contributed by atoms with van der Waals surface area (Å²) in [6, 6.07) is 20.7. The van der Waals surface area contributed by atoms with E-state index >= 15 is 0 Å². The van der Waals surface area contributed by atoms with Gasteiger partial charge >= 0.3 is 0 Å². The van der Waals surface area contributed by atoms with Crippen LogP contribution in [0.2, 0.25) is 0 Å². The zero-order valence-corrected chi connectivity index (χ0v) is 13.7. The normalized spacial score (nSPS) is 24.0. The van der Waals surface area contributed by atoms with Crippen molar-refractivity contribution in [3.63, 3.8) is 0 Å². The highest BCUT2D eigenvalue weighted by Crippen LogP contribution is 2.34. The molecule has 2 bridgehead atoms. The van der Waals surface area contributed by atoms with Gasteiger partial charge in [0.2, 0.25) is 0 Å². The zero-order valence-electron chi connectivity index (χ0n) is 13.7. The third-order valence-corrected chi connectivity index (χ3v) is 5.28. The van der Waals surface area contributed by atoms with Crippen molar-refractivity contribution in [3.05, 3.63) is 60.2 Å². The molecule has 2 aromatic rings. The lowest BCUT2D eigenvalue weighted by Gasteiger charge is -2.42. The van der Waals surface area contributed by atoms with Crippen LogP contribution in [0, 0.1) is 0 Å². The summed E-state index contributed by atoms with van der Waals surface area (Å²) in [4.78, 5) is 5.26. The van der Waals surface area contributed by atoms with Crippen LogP contribution in [-0.2, 0) is 6.54 Å². The molecule has 3 nitrogen and oxygen atoms in total. The van der Waals surface area contributed by atoms with E-state index in [0.717, 1.165) is 25.4 Å². The smallest absolute Gasteiger partial charge is 0.119 e. The molecule has 120 valence electrons. The highest BCUT2D eigenvalue weighted by atomic mass is 16.5. The van der Waals surface area contributed by atoms with Crippen molar-refractivity contribution in [1.82, 2.24) is 4.90 Å². The molecule has 3 heteroatoms. The molecule has 0 radical (unpaired) electrons. The van der Waals surface area contributed by atoms with Crippen molar-refractivity contribution < 1.29 is 4.74 Å². The molecule has 2 aliphatic rings. The average Bonchev–Trinajstić information content (AvgIpc) is 2.84. The third kappa shape index (κ3) is 2.93. The highest BCUT2D eigenvalue weighted by Gasteiger charge is 2.39. The van der Waals surface area contributed by atoms with E-state index < -0.39 is 0 Å². The highest BCUT2D eigenvalue weighted by molar-refractivity contribution is 5.50. The number of methoxy groups -OCH3 is 1. The Labute approximate surface area is 138 Å². The van der Waals surface area contributed by atoms with Crippen molar-refractivity contribution in [3.8, 4) is 5.75 Å². The second kappa shape index (κ2) is 6.25. The molecule has 0 N–H and O–H groups in total. The van der Waals surface area contributed by atoms with E-state index in [1.165, 1.54) is 24.1 Å². The largest absolute Gasteiger partial charge is 0.497 e. The molecule has 23 heavy (non-hydrogen) atoms.